The van der Waals surface area contributed by atoms with Gasteiger partial charge in [-0.05, 0) is 37.9 Å². The van der Waals surface area contributed by atoms with Gasteiger partial charge in [-0.15, -0.1) is 0 Å². The molecule has 1 aliphatic rings. The maximum Gasteiger partial charge on any atom is 0.213 e. The molecule has 1 aromatic heterocycles. The van der Waals surface area contributed by atoms with Gasteiger partial charge in [0.25, 0.3) is 0 Å². The number of pyridine rings is 1. The van der Waals surface area contributed by atoms with E-state index in [0.717, 1.165) is 25.4 Å². The zero-order valence-electron chi connectivity index (χ0n) is 9.61. The fourth-order valence-electron chi connectivity index (χ4n) is 1.82. The molecule has 1 saturated heterocycles. The van der Waals surface area contributed by atoms with Crippen LogP contribution in [0.5, 0.6) is 11.6 Å². The van der Waals surface area contributed by atoms with Gasteiger partial charge in [-0.2, -0.15) is 0 Å². The van der Waals surface area contributed by atoms with Crippen molar-refractivity contribution in [3.8, 4) is 11.6 Å². The molecule has 88 valence electrons. The summed E-state index contributed by atoms with van der Waals surface area (Å²) < 4.78 is 10.7. The number of hydrogen-bond acceptors (Lipinski definition) is 4. The lowest BCUT2D eigenvalue weighted by Crippen LogP contribution is -2.30. The molecule has 0 radical (unpaired) electrons. The van der Waals surface area contributed by atoms with Gasteiger partial charge in [-0.1, -0.05) is 0 Å². The number of hydrogen-bond donors (Lipinski definition) is 1. The van der Waals surface area contributed by atoms with Gasteiger partial charge in [0.1, 0.15) is 5.75 Å². The van der Waals surface area contributed by atoms with E-state index in [4.69, 9.17) is 9.47 Å². The fraction of sp³-hybridized carbons (Fsp3) is 0.583. The Hall–Kier alpha value is -1.29. The molecule has 0 amide bonds. The zero-order valence-corrected chi connectivity index (χ0v) is 9.61. The molecule has 0 spiro atoms. The van der Waals surface area contributed by atoms with Crippen LogP contribution in [0.2, 0.25) is 0 Å². The van der Waals surface area contributed by atoms with Gasteiger partial charge >= 0.3 is 0 Å². The predicted octanol–water partition coefficient (Wildman–Crippen LogP) is 1.47. The maximum absolute atomic E-state index is 5.65. The van der Waals surface area contributed by atoms with Gasteiger partial charge in [0.15, 0.2) is 0 Å². The molecule has 1 aliphatic heterocycles. The molecule has 4 nitrogen and oxygen atoms in total. The van der Waals surface area contributed by atoms with Gasteiger partial charge < -0.3 is 14.8 Å². The van der Waals surface area contributed by atoms with E-state index < -0.39 is 0 Å². The number of ether oxygens (including phenoxy) is 2. The first kappa shape index (κ1) is 11.2. The minimum atomic E-state index is 0.658. The molecule has 0 bridgehead atoms. The lowest BCUT2D eigenvalue weighted by molar-refractivity contribution is 0.208. The number of rotatable bonds is 4. The molecule has 2 heterocycles. The molecule has 1 fully saturated rings. The van der Waals surface area contributed by atoms with Crippen LogP contribution < -0.4 is 14.8 Å². The van der Waals surface area contributed by atoms with Crippen molar-refractivity contribution in [3.63, 3.8) is 0 Å². The van der Waals surface area contributed by atoms with Crippen LogP contribution in [0.1, 0.15) is 12.8 Å². The molecule has 2 rings (SSSR count). The Morgan fingerprint density at radius 2 is 2.19 bits per heavy atom. The SMILES string of the molecule is COc1ccc(OCC2CCNCC2)nc1. The Labute approximate surface area is 96.0 Å². The Kier molecular flexibility index (Phi) is 3.99. The fourth-order valence-corrected chi connectivity index (χ4v) is 1.82. The third-order valence-electron chi connectivity index (χ3n) is 2.87. The molecule has 1 N–H and O–H groups in total. The van der Waals surface area contributed by atoms with E-state index in [1.54, 1.807) is 13.3 Å². The number of methoxy groups -OCH3 is 1. The van der Waals surface area contributed by atoms with Gasteiger partial charge in [-0.3, -0.25) is 0 Å². The molecular weight excluding hydrogens is 204 g/mol. The Morgan fingerprint density at radius 3 is 2.81 bits per heavy atom. The molecule has 1 aromatic rings. The van der Waals surface area contributed by atoms with Gasteiger partial charge in [0.05, 0.1) is 19.9 Å². The quantitative estimate of drug-likeness (QED) is 0.837. The predicted molar refractivity (Wildman–Crippen MR) is 61.9 cm³/mol. The first-order valence-corrected chi connectivity index (χ1v) is 5.72. The van der Waals surface area contributed by atoms with Gasteiger partial charge in [0.2, 0.25) is 5.88 Å². The normalized spacial score (nSPS) is 17.1. The van der Waals surface area contributed by atoms with Crippen molar-refractivity contribution >= 4 is 0 Å². The number of piperidine rings is 1. The first-order chi connectivity index (χ1) is 7.88. The minimum absolute atomic E-state index is 0.658. The lowest BCUT2D eigenvalue weighted by Gasteiger charge is -2.22. The highest BCUT2D eigenvalue weighted by atomic mass is 16.5. The van der Waals surface area contributed by atoms with Crippen LogP contribution in [0.15, 0.2) is 18.3 Å². The summed E-state index contributed by atoms with van der Waals surface area (Å²) in [5.74, 6) is 2.10. The van der Waals surface area contributed by atoms with E-state index >= 15 is 0 Å². The smallest absolute Gasteiger partial charge is 0.213 e. The molecule has 0 saturated carbocycles. The highest BCUT2D eigenvalue weighted by molar-refractivity contribution is 5.22. The van der Waals surface area contributed by atoms with Crippen LogP contribution >= 0.6 is 0 Å². The summed E-state index contributed by atoms with van der Waals surface area (Å²) in [6.45, 7) is 2.97. The van der Waals surface area contributed by atoms with E-state index in [1.807, 2.05) is 12.1 Å². The molecule has 0 atom stereocenters. The van der Waals surface area contributed by atoms with Crippen molar-refractivity contribution in [3.05, 3.63) is 18.3 Å². The topological polar surface area (TPSA) is 43.4 Å². The van der Waals surface area contributed by atoms with Crippen LogP contribution in [-0.2, 0) is 0 Å². The summed E-state index contributed by atoms with van der Waals surface area (Å²) in [6, 6.07) is 3.71. The van der Waals surface area contributed by atoms with Crippen molar-refractivity contribution < 1.29 is 9.47 Å². The van der Waals surface area contributed by atoms with Crippen LogP contribution in [-0.4, -0.2) is 31.8 Å². The number of aromatic nitrogens is 1. The second-order valence-corrected chi connectivity index (χ2v) is 4.04. The van der Waals surface area contributed by atoms with E-state index in [0.29, 0.717) is 11.8 Å². The Morgan fingerprint density at radius 1 is 1.38 bits per heavy atom. The number of nitrogens with zero attached hydrogens (tertiary/aromatic N) is 1. The molecule has 0 aromatic carbocycles. The van der Waals surface area contributed by atoms with Gasteiger partial charge in [-0.25, -0.2) is 4.98 Å². The summed E-state index contributed by atoms with van der Waals surface area (Å²) in [7, 11) is 1.63. The van der Waals surface area contributed by atoms with E-state index in [2.05, 4.69) is 10.3 Å². The average molecular weight is 222 g/mol. The molecule has 4 heteroatoms. The maximum atomic E-state index is 5.65. The highest BCUT2D eigenvalue weighted by Gasteiger charge is 2.13. The highest BCUT2D eigenvalue weighted by Crippen LogP contribution is 2.16. The number of nitrogens with one attached hydrogen (secondary N) is 1. The third kappa shape index (κ3) is 3.10. The average Bonchev–Trinajstić information content (AvgIpc) is 2.38. The first-order valence-electron chi connectivity index (χ1n) is 5.72. The third-order valence-corrected chi connectivity index (χ3v) is 2.87. The Balaban J connectivity index is 1.79. The molecular formula is C12H18N2O2. The van der Waals surface area contributed by atoms with Crippen molar-refractivity contribution in [2.75, 3.05) is 26.8 Å². The lowest BCUT2D eigenvalue weighted by atomic mass is 9.99. The van der Waals surface area contributed by atoms with Crippen molar-refractivity contribution in [1.82, 2.24) is 10.3 Å². The van der Waals surface area contributed by atoms with Crippen molar-refractivity contribution in [1.29, 1.82) is 0 Å². The monoisotopic (exact) mass is 222 g/mol. The summed E-state index contributed by atoms with van der Waals surface area (Å²) in [5.41, 5.74) is 0. The van der Waals surface area contributed by atoms with E-state index in [1.165, 1.54) is 12.8 Å². The Bertz CT molecular complexity index is 307. The van der Waals surface area contributed by atoms with Crippen LogP contribution in [0, 0.1) is 5.92 Å². The molecule has 0 unspecified atom stereocenters. The van der Waals surface area contributed by atoms with Crippen molar-refractivity contribution in [2.45, 2.75) is 12.8 Å². The molecule has 0 aliphatic carbocycles. The van der Waals surface area contributed by atoms with Crippen LogP contribution in [0.25, 0.3) is 0 Å². The summed E-state index contributed by atoms with van der Waals surface area (Å²) in [5, 5.41) is 3.34. The van der Waals surface area contributed by atoms with Gasteiger partial charge in [0, 0.05) is 6.07 Å². The summed E-state index contributed by atoms with van der Waals surface area (Å²) >= 11 is 0. The van der Waals surface area contributed by atoms with Crippen LogP contribution in [0.4, 0.5) is 0 Å². The largest absolute Gasteiger partial charge is 0.495 e. The van der Waals surface area contributed by atoms with E-state index in [-0.39, 0.29) is 0 Å². The second-order valence-electron chi connectivity index (χ2n) is 4.04. The standard InChI is InChI=1S/C12H18N2O2/c1-15-11-2-3-12(14-8-11)16-9-10-4-6-13-7-5-10/h2-3,8,10,13H,4-7,9H2,1H3. The van der Waals surface area contributed by atoms with Crippen molar-refractivity contribution in [2.24, 2.45) is 5.92 Å². The summed E-state index contributed by atoms with van der Waals surface area (Å²) in [4.78, 5) is 4.17. The zero-order chi connectivity index (χ0) is 11.2. The van der Waals surface area contributed by atoms with Crippen LogP contribution in [0.3, 0.4) is 0 Å². The second kappa shape index (κ2) is 5.70. The molecule has 16 heavy (non-hydrogen) atoms. The minimum Gasteiger partial charge on any atom is -0.495 e. The summed E-state index contributed by atoms with van der Waals surface area (Å²) in [6.07, 6.45) is 4.06. The van der Waals surface area contributed by atoms with E-state index in [9.17, 15) is 0 Å².